The third-order valence-corrected chi connectivity index (χ3v) is 2.84. The predicted octanol–water partition coefficient (Wildman–Crippen LogP) is 3.83. The number of carbonyl (C=O) groups excluding carboxylic acids is 3. The molecular weight excluding hydrogens is 368 g/mol. The van der Waals surface area contributed by atoms with Gasteiger partial charge in [-0.2, -0.15) is 0 Å². The van der Waals surface area contributed by atoms with Gasteiger partial charge in [0.15, 0.2) is 0 Å². The van der Waals surface area contributed by atoms with Crippen molar-refractivity contribution in [3.05, 3.63) is 0 Å². The van der Waals surface area contributed by atoms with E-state index >= 15 is 0 Å². The van der Waals surface area contributed by atoms with Crippen LogP contribution >= 0.6 is 0 Å². The van der Waals surface area contributed by atoms with Gasteiger partial charge in [0, 0.05) is 36.5 Å². The summed E-state index contributed by atoms with van der Waals surface area (Å²) in [4.78, 5) is 32.6. The normalized spacial score (nSPS) is 10.4. The van der Waals surface area contributed by atoms with Crippen LogP contribution in [-0.4, -0.2) is 42.0 Å². The molecule has 0 aliphatic carbocycles. The van der Waals surface area contributed by atoms with E-state index in [4.69, 9.17) is 0 Å². The van der Waals surface area contributed by atoms with Gasteiger partial charge < -0.3 is 21.3 Å². The van der Waals surface area contributed by atoms with Crippen molar-refractivity contribution in [3.63, 3.8) is 0 Å². The summed E-state index contributed by atoms with van der Waals surface area (Å²) in [6.45, 7) is 23.4. The Kier molecular flexibility index (Phi) is 20.1. The fourth-order valence-corrected chi connectivity index (χ4v) is 1.77. The molecule has 4 amide bonds. The minimum atomic E-state index is -0.0926. The molecule has 7 heteroatoms. The van der Waals surface area contributed by atoms with Crippen LogP contribution in [-0.2, 0) is 9.59 Å². The molecule has 0 unspecified atom stereocenters. The average molecular weight is 417 g/mol. The zero-order valence-corrected chi connectivity index (χ0v) is 20.9. The van der Waals surface area contributed by atoms with Gasteiger partial charge in [-0.1, -0.05) is 27.7 Å². The molecule has 0 heterocycles. The maximum absolute atomic E-state index is 11.0. The first-order chi connectivity index (χ1) is 13.1. The highest BCUT2D eigenvalue weighted by Gasteiger charge is 2.06. The zero-order chi connectivity index (χ0) is 23.7. The molecule has 0 spiro atoms. The molecule has 0 radical (unpaired) electrons. The Labute approximate surface area is 179 Å². The third kappa shape index (κ3) is 31.1. The van der Waals surface area contributed by atoms with E-state index in [-0.39, 0.29) is 47.9 Å². The molecule has 29 heavy (non-hydrogen) atoms. The van der Waals surface area contributed by atoms with Crippen LogP contribution in [0.3, 0.4) is 0 Å². The summed E-state index contributed by atoms with van der Waals surface area (Å²) in [5.74, 6) is 0.848. The maximum Gasteiger partial charge on any atom is 0.315 e. The quantitative estimate of drug-likeness (QED) is 0.507. The Morgan fingerprint density at radius 3 is 1.10 bits per heavy atom. The van der Waals surface area contributed by atoms with Crippen LogP contribution in [0.15, 0.2) is 0 Å². The summed E-state index contributed by atoms with van der Waals surface area (Å²) in [7, 11) is 0. The molecule has 4 N–H and O–H groups in total. The van der Waals surface area contributed by atoms with Crippen LogP contribution in [0.25, 0.3) is 0 Å². The summed E-state index contributed by atoms with van der Waals surface area (Å²) >= 11 is 0. The molecule has 0 rings (SSSR count). The molecule has 0 aromatic rings. The van der Waals surface area contributed by atoms with Crippen molar-refractivity contribution in [2.24, 2.45) is 11.8 Å². The summed E-state index contributed by atoms with van der Waals surface area (Å²) in [5, 5.41) is 11.1. The van der Waals surface area contributed by atoms with Crippen molar-refractivity contribution < 1.29 is 14.4 Å². The molecule has 0 aromatic heterocycles. The van der Waals surface area contributed by atoms with Crippen molar-refractivity contribution in [2.45, 2.75) is 114 Å². The molecule has 0 aromatic carbocycles. The fourth-order valence-electron chi connectivity index (χ4n) is 1.77. The first-order valence-corrected chi connectivity index (χ1v) is 10.7. The SMILES string of the molecule is CC(C)CC(=O)NC(C)C.CC(C)NC(=O)C(C)C.CC(C)NC(=O)NC(C)C. The Morgan fingerprint density at radius 2 is 0.897 bits per heavy atom. The number of hydrogen-bond donors (Lipinski definition) is 4. The highest BCUT2D eigenvalue weighted by atomic mass is 16.2. The molecule has 0 aliphatic heterocycles. The van der Waals surface area contributed by atoms with Gasteiger partial charge in [-0.05, 0) is 61.3 Å². The standard InChI is InChI=1S/C8H17NO.C7H16N2O.C7H15NO/c1-6(2)5-8(10)9-7(3)4;1-5(2)8-7(10)9-6(3)4;1-5(2)7(9)8-6(3)4/h6-7H,5H2,1-4H3,(H,9,10);5-6H,1-4H3,(H2,8,9,10);5-6H,1-4H3,(H,8,9). The van der Waals surface area contributed by atoms with E-state index in [1.54, 1.807) is 0 Å². The number of rotatable bonds is 7. The smallest absolute Gasteiger partial charge is 0.315 e. The summed E-state index contributed by atoms with van der Waals surface area (Å²) in [5.41, 5.74) is 0. The lowest BCUT2D eigenvalue weighted by Gasteiger charge is -2.11. The van der Waals surface area contributed by atoms with E-state index in [1.807, 2.05) is 83.1 Å². The largest absolute Gasteiger partial charge is 0.354 e. The number of nitrogens with one attached hydrogen (secondary N) is 4. The van der Waals surface area contributed by atoms with Gasteiger partial charge in [-0.3, -0.25) is 9.59 Å². The van der Waals surface area contributed by atoms with Gasteiger partial charge in [0.25, 0.3) is 0 Å². The highest BCUT2D eigenvalue weighted by molar-refractivity contribution is 5.78. The Balaban J connectivity index is -0.000000350. The maximum atomic E-state index is 11.0. The molecule has 0 atom stereocenters. The number of carbonyl (C=O) groups is 3. The summed E-state index contributed by atoms with van der Waals surface area (Å²) in [6.07, 6.45) is 0.637. The average Bonchev–Trinajstić information content (AvgIpc) is 2.43. The van der Waals surface area contributed by atoms with Gasteiger partial charge >= 0.3 is 6.03 Å². The highest BCUT2D eigenvalue weighted by Crippen LogP contribution is 1.98. The lowest BCUT2D eigenvalue weighted by atomic mass is 10.1. The van der Waals surface area contributed by atoms with Gasteiger partial charge in [0.2, 0.25) is 11.8 Å². The van der Waals surface area contributed by atoms with Gasteiger partial charge in [-0.15, -0.1) is 0 Å². The van der Waals surface area contributed by atoms with Gasteiger partial charge in [-0.25, -0.2) is 4.79 Å². The lowest BCUT2D eigenvalue weighted by molar-refractivity contribution is -0.124. The number of amides is 4. The van der Waals surface area contributed by atoms with E-state index in [2.05, 4.69) is 21.3 Å². The molecule has 174 valence electrons. The molecule has 0 saturated carbocycles. The van der Waals surface area contributed by atoms with Crippen molar-refractivity contribution >= 4 is 17.8 Å². The van der Waals surface area contributed by atoms with E-state index in [1.165, 1.54) is 0 Å². The van der Waals surface area contributed by atoms with Crippen LogP contribution in [0.4, 0.5) is 4.79 Å². The Bertz CT molecular complexity index is 393. The summed E-state index contributed by atoms with van der Waals surface area (Å²) in [6, 6.07) is 0.855. The lowest BCUT2D eigenvalue weighted by Crippen LogP contribution is -2.42. The van der Waals surface area contributed by atoms with Gasteiger partial charge in [0.1, 0.15) is 0 Å². The van der Waals surface area contributed by atoms with E-state index < -0.39 is 0 Å². The fraction of sp³-hybridized carbons (Fsp3) is 0.864. The molecule has 0 bridgehead atoms. The topological polar surface area (TPSA) is 99.3 Å². The monoisotopic (exact) mass is 416 g/mol. The van der Waals surface area contributed by atoms with Crippen LogP contribution in [0.5, 0.6) is 0 Å². The predicted molar refractivity (Wildman–Crippen MR) is 123 cm³/mol. The molecular formula is C22H48N4O3. The Morgan fingerprint density at radius 1 is 0.552 bits per heavy atom. The van der Waals surface area contributed by atoms with Crippen LogP contribution in [0.2, 0.25) is 0 Å². The summed E-state index contributed by atoms with van der Waals surface area (Å²) < 4.78 is 0. The second-order valence-electron chi connectivity index (χ2n) is 9.07. The molecule has 0 saturated heterocycles. The zero-order valence-electron chi connectivity index (χ0n) is 20.9. The first kappa shape index (κ1) is 31.9. The first-order valence-electron chi connectivity index (χ1n) is 10.7. The van der Waals surface area contributed by atoms with Crippen LogP contribution < -0.4 is 21.3 Å². The van der Waals surface area contributed by atoms with Crippen molar-refractivity contribution in [2.75, 3.05) is 0 Å². The van der Waals surface area contributed by atoms with Gasteiger partial charge in [0.05, 0.1) is 0 Å². The second-order valence-corrected chi connectivity index (χ2v) is 9.07. The molecule has 0 fully saturated rings. The number of urea groups is 1. The van der Waals surface area contributed by atoms with Crippen LogP contribution in [0, 0.1) is 11.8 Å². The van der Waals surface area contributed by atoms with E-state index in [0.29, 0.717) is 12.3 Å². The van der Waals surface area contributed by atoms with Crippen molar-refractivity contribution in [3.8, 4) is 0 Å². The van der Waals surface area contributed by atoms with E-state index in [0.717, 1.165) is 0 Å². The minimum absolute atomic E-state index is 0.0926. The Hall–Kier alpha value is -1.79. The molecule has 0 aliphatic rings. The van der Waals surface area contributed by atoms with E-state index in [9.17, 15) is 14.4 Å². The number of hydrogen-bond acceptors (Lipinski definition) is 3. The van der Waals surface area contributed by atoms with Crippen LogP contribution in [0.1, 0.15) is 89.5 Å². The minimum Gasteiger partial charge on any atom is -0.354 e. The molecule has 7 nitrogen and oxygen atoms in total. The third-order valence-electron chi connectivity index (χ3n) is 2.84. The second kappa shape index (κ2) is 18.3. The van der Waals surface area contributed by atoms with Crippen molar-refractivity contribution in [1.82, 2.24) is 21.3 Å². The van der Waals surface area contributed by atoms with Crippen molar-refractivity contribution in [1.29, 1.82) is 0 Å².